The summed E-state index contributed by atoms with van der Waals surface area (Å²) in [6, 6.07) is 11.4. The highest BCUT2D eigenvalue weighted by Gasteiger charge is 2.23. The molecule has 0 radical (unpaired) electrons. The van der Waals surface area contributed by atoms with Crippen molar-refractivity contribution in [3.8, 4) is 5.75 Å². The SMILES string of the molecule is CCC(C(=O)OC)n1c(=NC(=O)c2ccc(C)cc2)sc2ccc(O)cc21. The Kier molecular flexibility index (Phi) is 5.41. The molecular weight excluding hydrogens is 364 g/mol. The van der Waals surface area contributed by atoms with Crippen molar-refractivity contribution in [2.45, 2.75) is 26.3 Å². The number of esters is 1. The summed E-state index contributed by atoms with van der Waals surface area (Å²) in [6.45, 7) is 3.80. The van der Waals surface area contributed by atoms with Gasteiger partial charge in [-0.2, -0.15) is 4.99 Å². The Morgan fingerprint density at radius 1 is 1.22 bits per heavy atom. The molecule has 3 aromatic rings. The number of carbonyl (C=O) groups is 2. The second kappa shape index (κ2) is 7.75. The minimum atomic E-state index is -0.643. The number of phenolic OH excluding ortho intramolecular Hbond substituents is 1. The quantitative estimate of drug-likeness (QED) is 0.697. The molecule has 3 rings (SSSR count). The molecule has 27 heavy (non-hydrogen) atoms. The van der Waals surface area contributed by atoms with Gasteiger partial charge in [0.15, 0.2) is 4.80 Å². The number of aryl methyl sites for hydroxylation is 1. The first-order chi connectivity index (χ1) is 12.9. The van der Waals surface area contributed by atoms with Crippen LogP contribution in [0.2, 0.25) is 0 Å². The summed E-state index contributed by atoms with van der Waals surface area (Å²) in [5.74, 6) is -0.741. The van der Waals surface area contributed by atoms with Crippen LogP contribution in [0, 0.1) is 6.92 Å². The highest BCUT2D eigenvalue weighted by atomic mass is 32.1. The molecule has 1 heterocycles. The van der Waals surface area contributed by atoms with E-state index in [1.165, 1.54) is 18.4 Å². The average Bonchev–Trinajstić information content (AvgIpc) is 3.00. The molecule has 1 aromatic heterocycles. The highest BCUT2D eigenvalue weighted by molar-refractivity contribution is 7.16. The third-order valence-corrected chi connectivity index (χ3v) is 5.31. The van der Waals surface area contributed by atoms with E-state index in [0.29, 0.717) is 22.3 Å². The zero-order valence-corrected chi connectivity index (χ0v) is 16.1. The molecule has 0 bridgehead atoms. The van der Waals surface area contributed by atoms with E-state index in [2.05, 4.69) is 4.99 Å². The maximum atomic E-state index is 12.6. The van der Waals surface area contributed by atoms with Crippen LogP contribution < -0.4 is 4.80 Å². The smallest absolute Gasteiger partial charge is 0.328 e. The fourth-order valence-electron chi connectivity index (χ4n) is 2.85. The standard InChI is InChI=1S/C20H20N2O4S/c1-4-15(19(25)26-3)22-16-11-14(23)9-10-17(16)27-20(22)21-18(24)13-7-5-12(2)6-8-13/h5-11,15,23H,4H2,1-3H3. The largest absolute Gasteiger partial charge is 0.508 e. The summed E-state index contributed by atoms with van der Waals surface area (Å²) in [7, 11) is 1.33. The second-order valence-electron chi connectivity index (χ2n) is 6.14. The maximum absolute atomic E-state index is 12.6. The van der Waals surface area contributed by atoms with Gasteiger partial charge in [-0.15, -0.1) is 0 Å². The molecule has 6 nitrogen and oxygen atoms in total. The third kappa shape index (κ3) is 3.78. The van der Waals surface area contributed by atoms with Crippen LogP contribution in [0.1, 0.15) is 35.3 Å². The summed E-state index contributed by atoms with van der Waals surface area (Å²) in [4.78, 5) is 29.6. The van der Waals surface area contributed by atoms with Crippen LogP contribution in [0.15, 0.2) is 47.5 Å². The molecule has 0 saturated carbocycles. The molecule has 1 amide bonds. The fraction of sp³-hybridized carbons (Fsp3) is 0.250. The average molecular weight is 384 g/mol. The van der Waals surface area contributed by atoms with Crippen LogP contribution in [0.3, 0.4) is 0 Å². The predicted octanol–water partition coefficient (Wildman–Crippen LogP) is 3.58. The Bertz CT molecular complexity index is 1060. The van der Waals surface area contributed by atoms with Gasteiger partial charge >= 0.3 is 5.97 Å². The van der Waals surface area contributed by atoms with E-state index in [-0.39, 0.29) is 11.7 Å². The van der Waals surface area contributed by atoms with Crippen molar-refractivity contribution in [1.82, 2.24) is 4.57 Å². The van der Waals surface area contributed by atoms with E-state index in [1.54, 1.807) is 34.9 Å². The van der Waals surface area contributed by atoms with E-state index in [4.69, 9.17) is 4.74 Å². The van der Waals surface area contributed by atoms with Gasteiger partial charge in [-0.25, -0.2) is 4.79 Å². The zero-order chi connectivity index (χ0) is 19.6. The van der Waals surface area contributed by atoms with E-state index < -0.39 is 12.0 Å². The van der Waals surface area contributed by atoms with Crippen molar-refractivity contribution in [3.05, 3.63) is 58.4 Å². The summed E-state index contributed by atoms with van der Waals surface area (Å²) < 4.78 is 7.39. The van der Waals surface area contributed by atoms with Gasteiger partial charge in [-0.1, -0.05) is 36.0 Å². The van der Waals surface area contributed by atoms with Crippen LogP contribution in [-0.4, -0.2) is 28.7 Å². The molecule has 1 atom stereocenters. The van der Waals surface area contributed by atoms with Crippen molar-refractivity contribution in [2.24, 2.45) is 4.99 Å². The zero-order valence-electron chi connectivity index (χ0n) is 15.3. The molecule has 140 valence electrons. The van der Waals surface area contributed by atoms with Crippen LogP contribution in [0.25, 0.3) is 10.2 Å². The van der Waals surface area contributed by atoms with Crippen molar-refractivity contribution in [3.63, 3.8) is 0 Å². The van der Waals surface area contributed by atoms with Gasteiger partial charge in [0.1, 0.15) is 11.8 Å². The van der Waals surface area contributed by atoms with Crippen LogP contribution in [-0.2, 0) is 9.53 Å². The Morgan fingerprint density at radius 2 is 1.93 bits per heavy atom. The molecule has 2 aromatic carbocycles. The number of aromatic nitrogens is 1. The number of aromatic hydroxyl groups is 1. The molecule has 0 aliphatic carbocycles. The number of phenols is 1. The molecule has 0 fully saturated rings. The lowest BCUT2D eigenvalue weighted by atomic mass is 10.1. The Balaban J connectivity index is 2.22. The number of hydrogen-bond acceptors (Lipinski definition) is 5. The number of carbonyl (C=O) groups excluding carboxylic acids is 2. The van der Waals surface area contributed by atoms with Gasteiger partial charge in [0.25, 0.3) is 5.91 Å². The Labute approximate surface area is 160 Å². The number of benzene rings is 2. The lowest BCUT2D eigenvalue weighted by Crippen LogP contribution is -2.28. The van der Waals surface area contributed by atoms with Gasteiger partial charge in [0, 0.05) is 11.6 Å². The predicted molar refractivity (Wildman–Crippen MR) is 104 cm³/mol. The Hall–Kier alpha value is -2.93. The van der Waals surface area contributed by atoms with Gasteiger partial charge in [-0.3, -0.25) is 4.79 Å². The summed E-state index contributed by atoms with van der Waals surface area (Å²) in [5, 5.41) is 9.88. The maximum Gasteiger partial charge on any atom is 0.328 e. The van der Waals surface area contributed by atoms with E-state index in [9.17, 15) is 14.7 Å². The molecule has 0 aliphatic rings. The Morgan fingerprint density at radius 3 is 2.56 bits per heavy atom. The van der Waals surface area contributed by atoms with E-state index in [0.717, 1.165) is 10.3 Å². The van der Waals surface area contributed by atoms with Crippen molar-refractivity contribution in [1.29, 1.82) is 0 Å². The minimum Gasteiger partial charge on any atom is -0.508 e. The number of thiazole rings is 1. The van der Waals surface area contributed by atoms with Crippen LogP contribution in [0.4, 0.5) is 0 Å². The first-order valence-electron chi connectivity index (χ1n) is 8.52. The minimum absolute atomic E-state index is 0.0742. The van der Waals surface area contributed by atoms with Crippen molar-refractivity contribution < 1.29 is 19.4 Å². The number of amides is 1. The van der Waals surface area contributed by atoms with Crippen molar-refractivity contribution >= 4 is 33.4 Å². The first-order valence-corrected chi connectivity index (χ1v) is 9.34. The van der Waals surface area contributed by atoms with Gasteiger partial charge < -0.3 is 14.4 Å². The molecule has 0 aliphatic heterocycles. The molecular formula is C20H20N2O4S. The number of methoxy groups -OCH3 is 1. The van der Waals surface area contributed by atoms with E-state index >= 15 is 0 Å². The van der Waals surface area contributed by atoms with Gasteiger partial charge in [0.2, 0.25) is 0 Å². The number of rotatable bonds is 4. The molecule has 7 heteroatoms. The lowest BCUT2D eigenvalue weighted by Gasteiger charge is -2.15. The summed E-state index contributed by atoms with van der Waals surface area (Å²) in [6.07, 6.45) is 0.458. The summed E-state index contributed by atoms with van der Waals surface area (Å²) in [5.41, 5.74) is 2.15. The third-order valence-electron chi connectivity index (χ3n) is 4.28. The molecule has 1 N–H and O–H groups in total. The lowest BCUT2D eigenvalue weighted by molar-refractivity contribution is -0.144. The topological polar surface area (TPSA) is 80.9 Å². The van der Waals surface area contributed by atoms with Crippen molar-refractivity contribution in [2.75, 3.05) is 7.11 Å². The molecule has 1 unspecified atom stereocenters. The van der Waals surface area contributed by atoms with E-state index in [1.807, 2.05) is 26.0 Å². The van der Waals surface area contributed by atoms with Gasteiger partial charge in [0.05, 0.1) is 17.3 Å². The number of ether oxygens (including phenoxy) is 1. The van der Waals surface area contributed by atoms with Crippen LogP contribution >= 0.6 is 11.3 Å². The summed E-state index contributed by atoms with van der Waals surface area (Å²) >= 11 is 1.29. The molecule has 0 spiro atoms. The van der Waals surface area contributed by atoms with Crippen LogP contribution in [0.5, 0.6) is 5.75 Å². The number of nitrogens with zero attached hydrogens (tertiary/aromatic N) is 2. The number of fused-ring (bicyclic) bond motifs is 1. The molecule has 0 saturated heterocycles. The fourth-order valence-corrected chi connectivity index (χ4v) is 3.89. The van der Waals surface area contributed by atoms with Gasteiger partial charge in [-0.05, 0) is 37.6 Å². The number of hydrogen-bond donors (Lipinski definition) is 1. The highest BCUT2D eigenvalue weighted by Crippen LogP contribution is 2.26. The second-order valence-corrected chi connectivity index (χ2v) is 7.15. The normalized spacial score (nSPS) is 12.9. The monoisotopic (exact) mass is 384 g/mol. The first kappa shape index (κ1) is 18.8.